The van der Waals surface area contributed by atoms with E-state index in [9.17, 15) is 18.3 Å². The lowest BCUT2D eigenvalue weighted by Gasteiger charge is -2.21. The number of pyridine rings is 1. The molecule has 2 rings (SSSR count). The summed E-state index contributed by atoms with van der Waals surface area (Å²) >= 11 is 0. The van der Waals surface area contributed by atoms with Crippen molar-refractivity contribution in [3.63, 3.8) is 0 Å². The molecular formula is C16H14F3N3O2. The summed E-state index contributed by atoms with van der Waals surface area (Å²) in [6, 6.07) is 9.50. The normalized spacial score (nSPS) is 12.3. The van der Waals surface area contributed by atoms with Gasteiger partial charge in [-0.25, -0.2) is 4.98 Å². The van der Waals surface area contributed by atoms with Crippen LogP contribution in [0.4, 0.5) is 19.0 Å². The quantitative estimate of drug-likeness (QED) is 0.876. The van der Waals surface area contributed by atoms with Crippen LogP contribution in [0.25, 0.3) is 0 Å². The molecule has 0 bridgehead atoms. The number of benzene rings is 1. The average molecular weight is 337 g/mol. The number of hydrogen-bond acceptors (Lipinski definition) is 5. The van der Waals surface area contributed by atoms with Crippen molar-refractivity contribution >= 4 is 5.82 Å². The summed E-state index contributed by atoms with van der Waals surface area (Å²) in [5.41, 5.74) is -0.650. The second-order valence-electron chi connectivity index (χ2n) is 4.82. The maximum Gasteiger partial charge on any atom is 0.433 e. The number of aliphatic hydroxyl groups excluding tert-OH is 1. The Bertz CT molecular complexity index is 757. The van der Waals surface area contributed by atoms with Crippen LogP contribution in [0.1, 0.15) is 22.9 Å². The molecule has 0 saturated heterocycles. The third-order valence-electron chi connectivity index (χ3n) is 3.31. The second-order valence-corrected chi connectivity index (χ2v) is 4.82. The third-order valence-corrected chi connectivity index (χ3v) is 3.31. The van der Waals surface area contributed by atoms with Gasteiger partial charge in [-0.2, -0.15) is 18.4 Å². The van der Waals surface area contributed by atoms with E-state index in [1.54, 1.807) is 30.3 Å². The van der Waals surface area contributed by atoms with Crippen LogP contribution in [0.15, 0.2) is 36.4 Å². The van der Waals surface area contributed by atoms with Crippen LogP contribution in [0.2, 0.25) is 0 Å². The zero-order valence-corrected chi connectivity index (χ0v) is 12.6. The lowest BCUT2D eigenvalue weighted by Crippen LogP contribution is -2.19. The summed E-state index contributed by atoms with van der Waals surface area (Å²) in [6.07, 6.45) is -4.64. The number of para-hydroxylation sites is 1. The van der Waals surface area contributed by atoms with Gasteiger partial charge in [-0.1, -0.05) is 18.2 Å². The molecule has 0 fully saturated rings. The number of anilines is 1. The number of hydrogen-bond donors (Lipinski definition) is 2. The van der Waals surface area contributed by atoms with E-state index >= 15 is 0 Å². The Hall–Kier alpha value is -2.79. The van der Waals surface area contributed by atoms with E-state index in [0.717, 1.165) is 12.1 Å². The van der Waals surface area contributed by atoms with E-state index < -0.39 is 24.5 Å². The fourth-order valence-electron chi connectivity index (χ4n) is 2.16. The van der Waals surface area contributed by atoms with E-state index in [1.807, 2.05) is 0 Å². The molecule has 0 aliphatic rings. The number of nitriles is 1. The minimum absolute atomic E-state index is 0.0589. The van der Waals surface area contributed by atoms with Gasteiger partial charge in [0, 0.05) is 5.56 Å². The molecule has 1 unspecified atom stereocenters. The van der Waals surface area contributed by atoms with E-state index in [2.05, 4.69) is 10.3 Å². The monoisotopic (exact) mass is 337 g/mol. The molecule has 1 aromatic carbocycles. The van der Waals surface area contributed by atoms with E-state index in [0.29, 0.717) is 11.3 Å². The summed E-state index contributed by atoms with van der Waals surface area (Å²) in [6.45, 7) is -0.427. The van der Waals surface area contributed by atoms with Crippen LogP contribution >= 0.6 is 0 Å². The molecule has 24 heavy (non-hydrogen) atoms. The maximum absolute atomic E-state index is 12.8. The molecule has 1 atom stereocenters. The van der Waals surface area contributed by atoms with E-state index in [-0.39, 0.29) is 11.4 Å². The lowest BCUT2D eigenvalue weighted by atomic mass is 10.1. The van der Waals surface area contributed by atoms with E-state index in [1.165, 1.54) is 7.11 Å². The highest BCUT2D eigenvalue weighted by molar-refractivity contribution is 5.54. The van der Waals surface area contributed by atoms with Gasteiger partial charge in [-0.15, -0.1) is 0 Å². The molecule has 2 aromatic rings. The molecule has 0 saturated carbocycles. The molecule has 2 N–H and O–H groups in total. The number of rotatable bonds is 5. The maximum atomic E-state index is 12.8. The standard InChI is InChI=1S/C16H14F3N3O2/c1-24-13-5-3-2-4-11(13)12(9-23)21-15-10(8-20)6-7-14(22-15)16(17,18)19/h2-7,12,23H,9H2,1H3,(H,21,22). The summed E-state index contributed by atoms with van der Waals surface area (Å²) in [7, 11) is 1.44. The number of methoxy groups -OCH3 is 1. The molecule has 1 aromatic heterocycles. The lowest BCUT2D eigenvalue weighted by molar-refractivity contribution is -0.141. The third kappa shape index (κ3) is 3.75. The Balaban J connectivity index is 2.42. The zero-order chi connectivity index (χ0) is 17.7. The average Bonchev–Trinajstić information content (AvgIpc) is 2.58. The summed E-state index contributed by atoms with van der Waals surface area (Å²) < 4.78 is 43.6. The first-order valence-corrected chi connectivity index (χ1v) is 6.89. The number of aliphatic hydroxyl groups is 1. The number of nitrogens with zero attached hydrogens (tertiary/aromatic N) is 2. The number of halogens is 3. The van der Waals surface area contributed by atoms with Crippen LogP contribution in [-0.2, 0) is 6.18 Å². The number of aromatic nitrogens is 1. The number of ether oxygens (including phenoxy) is 1. The number of nitrogens with one attached hydrogen (secondary N) is 1. The Morgan fingerprint density at radius 1 is 1.29 bits per heavy atom. The van der Waals surface area contributed by atoms with Crippen molar-refractivity contribution < 1.29 is 23.0 Å². The van der Waals surface area contributed by atoms with Crippen molar-refractivity contribution in [1.29, 1.82) is 5.26 Å². The fourth-order valence-corrected chi connectivity index (χ4v) is 2.16. The van der Waals surface area contributed by atoms with Crippen LogP contribution in [-0.4, -0.2) is 23.8 Å². The summed E-state index contributed by atoms with van der Waals surface area (Å²) in [5, 5.41) is 21.4. The van der Waals surface area contributed by atoms with Gasteiger partial charge >= 0.3 is 6.18 Å². The predicted octanol–water partition coefficient (Wildman–Crippen LogP) is 3.13. The van der Waals surface area contributed by atoms with Crippen molar-refractivity contribution in [3.8, 4) is 11.8 Å². The molecule has 0 aliphatic heterocycles. The Labute approximate surface area is 136 Å². The first-order chi connectivity index (χ1) is 11.4. The minimum atomic E-state index is -4.64. The van der Waals surface area contributed by atoms with Crippen LogP contribution in [0.5, 0.6) is 5.75 Å². The summed E-state index contributed by atoms with van der Waals surface area (Å²) in [4.78, 5) is 3.47. The first kappa shape index (κ1) is 17.6. The van der Waals surface area contributed by atoms with Gasteiger partial charge in [0.25, 0.3) is 0 Å². The first-order valence-electron chi connectivity index (χ1n) is 6.89. The Morgan fingerprint density at radius 3 is 2.58 bits per heavy atom. The predicted molar refractivity (Wildman–Crippen MR) is 80.4 cm³/mol. The molecule has 0 amide bonds. The minimum Gasteiger partial charge on any atom is -0.496 e. The Morgan fingerprint density at radius 2 is 2.00 bits per heavy atom. The van der Waals surface area contributed by atoms with Gasteiger partial charge in [-0.05, 0) is 18.2 Å². The molecular weight excluding hydrogens is 323 g/mol. The van der Waals surface area contributed by atoms with Crippen LogP contribution < -0.4 is 10.1 Å². The largest absolute Gasteiger partial charge is 0.496 e. The molecule has 0 radical (unpaired) electrons. The van der Waals surface area contributed by atoms with Crippen molar-refractivity contribution in [2.75, 3.05) is 19.0 Å². The molecule has 5 nitrogen and oxygen atoms in total. The van der Waals surface area contributed by atoms with Gasteiger partial charge < -0.3 is 15.2 Å². The molecule has 8 heteroatoms. The zero-order valence-electron chi connectivity index (χ0n) is 12.6. The SMILES string of the molecule is COc1ccccc1C(CO)Nc1nc(C(F)(F)F)ccc1C#N. The summed E-state index contributed by atoms with van der Waals surface area (Å²) in [5.74, 6) is 0.201. The van der Waals surface area contributed by atoms with Crippen molar-refractivity contribution in [2.24, 2.45) is 0 Å². The highest BCUT2D eigenvalue weighted by Gasteiger charge is 2.33. The fraction of sp³-hybridized carbons (Fsp3) is 0.250. The molecule has 0 spiro atoms. The highest BCUT2D eigenvalue weighted by Crippen LogP contribution is 2.32. The van der Waals surface area contributed by atoms with Crippen LogP contribution in [0, 0.1) is 11.3 Å². The molecule has 126 valence electrons. The van der Waals surface area contributed by atoms with Crippen molar-refractivity contribution in [2.45, 2.75) is 12.2 Å². The van der Waals surface area contributed by atoms with Gasteiger partial charge in [0.05, 0.1) is 25.3 Å². The van der Waals surface area contributed by atoms with E-state index in [4.69, 9.17) is 10.00 Å². The van der Waals surface area contributed by atoms with Gasteiger partial charge in [0.1, 0.15) is 23.3 Å². The van der Waals surface area contributed by atoms with Crippen molar-refractivity contribution in [1.82, 2.24) is 4.98 Å². The topological polar surface area (TPSA) is 78.2 Å². The van der Waals surface area contributed by atoms with Gasteiger partial charge in [0.2, 0.25) is 0 Å². The second kappa shape index (κ2) is 7.19. The molecule has 1 heterocycles. The molecule has 0 aliphatic carbocycles. The van der Waals surface area contributed by atoms with Crippen molar-refractivity contribution in [3.05, 3.63) is 53.2 Å². The number of alkyl halides is 3. The Kier molecular flexibility index (Phi) is 5.26. The highest BCUT2D eigenvalue weighted by atomic mass is 19.4. The van der Waals surface area contributed by atoms with Gasteiger partial charge in [0.15, 0.2) is 0 Å². The smallest absolute Gasteiger partial charge is 0.433 e. The van der Waals surface area contributed by atoms with Crippen LogP contribution in [0.3, 0.4) is 0 Å². The van der Waals surface area contributed by atoms with Gasteiger partial charge in [-0.3, -0.25) is 0 Å².